The van der Waals surface area contributed by atoms with Gasteiger partial charge in [-0.1, -0.05) is 54.6 Å². The van der Waals surface area contributed by atoms with Gasteiger partial charge in [-0.25, -0.2) is 0 Å². The van der Waals surface area contributed by atoms with E-state index >= 15 is 0 Å². The van der Waals surface area contributed by atoms with Gasteiger partial charge in [0.05, 0.1) is 6.04 Å². The molecule has 0 spiro atoms. The largest absolute Gasteiger partial charge is 0.378 e. The molecule has 4 nitrogen and oxygen atoms in total. The molecule has 0 radical (unpaired) electrons. The minimum absolute atomic E-state index is 0.134. The first-order chi connectivity index (χ1) is 14.1. The van der Waals surface area contributed by atoms with Crippen molar-refractivity contribution < 1.29 is 4.79 Å². The maximum Gasteiger partial charge on any atom is 0.257 e. The molecule has 0 aromatic heterocycles. The highest BCUT2D eigenvalue weighted by molar-refractivity contribution is 7.80. The molecule has 146 valence electrons. The molecule has 0 unspecified atom stereocenters. The monoisotopic (exact) mass is 401 g/mol. The summed E-state index contributed by atoms with van der Waals surface area (Å²) in [5.74, 6) is -0.190. The summed E-state index contributed by atoms with van der Waals surface area (Å²) in [6, 6.07) is 27.9. The van der Waals surface area contributed by atoms with Crippen LogP contribution in [-0.4, -0.2) is 17.1 Å². The van der Waals surface area contributed by atoms with Crippen molar-refractivity contribution >= 4 is 34.6 Å². The van der Waals surface area contributed by atoms with E-state index in [1.54, 1.807) is 12.1 Å². The van der Waals surface area contributed by atoms with Gasteiger partial charge in [0.15, 0.2) is 5.11 Å². The van der Waals surface area contributed by atoms with Gasteiger partial charge in [0.25, 0.3) is 5.91 Å². The lowest BCUT2D eigenvalue weighted by Gasteiger charge is -2.41. The van der Waals surface area contributed by atoms with Crippen molar-refractivity contribution in [1.29, 1.82) is 0 Å². The fraction of sp³-hybridized carbons (Fsp3) is 0.167. The highest BCUT2D eigenvalue weighted by atomic mass is 32.1. The van der Waals surface area contributed by atoms with Crippen molar-refractivity contribution in [3.63, 3.8) is 0 Å². The molecule has 1 aliphatic rings. The topological polar surface area (TPSA) is 44.4 Å². The maximum atomic E-state index is 12.6. The minimum Gasteiger partial charge on any atom is -0.378 e. The quantitative estimate of drug-likeness (QED) is 0.596. The van der Waals surface area contributed by atoms with Crippen LogP contribution in [0.25, 0.3) is 0 Å². The Morgan fingerprint density at radius 1 is 0.931 bits per heavy atom. The van der Waals surface area contributed by atoms with E-state index in [1.165, 1.54) is 5.56 Å². The van der Waals surface area contributed by atoms with Crippen LogP contribution in [0.15, 0.2) is 84.9 Å². The van der Waals surface area contributed by atoms with Crippen molar-refractivity contribution in [2.45, 2.75) is 25.4 Å². The van der Waals surface area contributed by atoms with Gasteiger partial charge in [0, 0.05) is 23.0 Å². The van der Waals surface area contributed by atoms with Gasteiger partial charge >= 0.3 is 0 Å². The van der Waals surface area contributed by atoms with E-state index in [-0.39, 0.29) is 18.0 Å². The summed E-state index contributed by atoms with van der Waals surface area (Å²) in [4.78, 5) is 14.6. The first-order valence-corrected chi connectivity index (χ1v) is 10.1. The fourth-order valence-electron chi connectivity index (χ4n) is 3.81. The molecule has 0 bridgehead atoms. The number of nitrogens with one attached hydrogen (secondary N) is 2. The van der Waals surface area contributed by atoms with Crippen LogP contribution in [0.3, 0.4) is 0 Å². The molecule has 29 heavy (non-hydrogen) atoms. The molecule has 1 amide bonds. The number of thiocarbonyl (C=S) groups is 1. The fourth-order valence-corrected chi connectivity index (χ4v) is 4.18. The zero-order valence-corrected chi connectivity index (χ0v) is 17.0. The molecule has 1 aliphatic heterocycles. The summed E-state index contributed by atoms with van der Waals surface area (Å²) >= 11 is 5.65. The van der Waals surface area contributed by atoms with Crippen LogP contribution in [0.4, 0.5) is 11.4 Å². The van der Waals surface area contributed by atoms with Gasteiger partial charge in [-0.3, -0.25) is 10.1 Å². The SMILES string of the molecule is C[C@@H]1C[C@H](Nc2ccccc2)c2ccccc2N1C(=S)NC(=O)c1ccccc1. The Morgan fingerprint density at radius 2 is 1.55 bits per heavy atom. The Kier molecular flexibility index (Phi) is 5.58. The minimum atomic E-state index is -0.190. The van der Waals surface area contributed by atoms with E-state index in [0.29, 0.717) is 10.7 Å². The predicted octanol–water partition coefficient (Wildman–Crippen LogP) is 5.15. The summed E-state index contributed by atoms with van der Waals surface area (Å²) in [7, 11) is 0. The van der Waals surface area contributed by atoms with E-state index in [1.807, 2.05) is 48.5 Å². The zero-order chi connectivity index (χ0) is 20.2. The first kappa shape index (κ1) is 19.2. The number of carbonyl (C=O) groups is 1. The third kappa shape index (κ3) is 4.15. The summed E-state index contributed by atoms with van der Waals surface area (Å²) in [6.07, 6.45) is 0.868. The van der Waals surface area contributed by atoms with Crippen LogP contribution in [0, 0.1) is 0 Å². The Balaban J connectivity index is 1.58. The number of rotatable bonds is 3. The van der Waals surface area contributed by atoms with E-state index in [2.05, 4.69) is 46.7 Å². The van der Waals surface area contributed by atoms with Gasteiger partial charge in [-0.05, 0) is 61.5 Å². The normalized spacial score (nSPS) is 17.9. The van der Waals surface area contributed by atoms with Gasteiger partial charge in [-0.2, -0.15) is 0 Å². The predicted molar refractivity (Wildman–Crippen MR) is 122 cm³/mol. The molecule has 0 saturated heterocycles. The van der Waals surface area contributed by atoms with Crippen molar-refractivity contribution in [2.24, 2.45) is 0 Å². The van der Waals surface area contributed by atoms with Crippen LogP contribution in [-0.2, 0) is 0 Å². The number of anilines is 2. The van der Waals surface area contributed by atoms with Gasteiger partial charge in [-0.15, -0.1) is 0 Å². The summed E-state index contributed by atoms with van der Waals surface area (Å²) in [6.45, 7) is 2.14. The molecule has 2 atom stereocenters. The van der Waals surface area contributed by atoms with Gasteiger partial charge < -0.3 is 10.2 Å². The number of carbonyl (C=O) groups excluding carboxylic acids is 1. The molecule has 0 fully saturated rings. The number of nitrogens with zero attached hydrogens (tertiary/aromatic N) is 1. The molecule has 2 N–H and O–H groups in total. The van der Waals surface area contributed by atoms with E-state index in [4.69, 9.17) is 12.2 Å². The molecule has 0 saturated carbocycles. The molecular formula is C24H23N3OS. The number of amides is 1. The van der Waals surface area contributed by atoms with Crippen LogP contribution in [0.1, 0.15) is 35.3 Å². The number of fused-ring (bicyclic) bond motifs is 1. The zero-order valence-electron chi connectivity index (χ0n) is 16.2. The number of para-hydroxylation sites is 2. The average Bonchev–Trinajstić information content (AvgIpc) is 2.75. The second kappa shape index (κ2) is 8.45. The lowest BCUT2D eigenvalue weighted by Crippen LogP contribution is -2.50. The highest BCUT2D eigenvalue weighted by Crippen LogP contribution is 2.38. The van der Waals surface area contributed by atoms with Gasteiger partial charge in [0.2, 0.25) is 0 Å². The standard InChI is InChI=1S/C24H23N3OS/c1-17-16-21(25-19-12-6-3-7-13-19)20-14-8-9-15-22(20)27(17)24(29)26-23(28)18-10-4-2-5-11-18/h2-15,17,21,25H,16H2,1H3,(H,26,28,29)/t17-,21+/m1/s1. The second-order valence-electron chi connectivity index (χ2n) is 7.20. The van der Waals surface area contributed by atoms with Crippen molar-refractivity contribution in [2.75, 3.05) is 10.2 Å². The first-order valence-electron chi connectivity index (χ1n) is 9.73. The molecule has 3 aromatic rings. The smallest absolute Gasteiger partial charge is 0.257 e. The Bertz CT molecular complexity index is 1010. The van der Waals surface area contributed by atoms with Crippen LogP contribution >= 0.6 is 12.2 Å². The van der Waals surface area contributed by atoms with Crippen LogP contribution < -0.4 is 15.5 Å². The Labute approximate surface area is 176 Å². The lowest BCUT2D eigenvalue weighted by molar-refractivity contribution is 0.0977. The third-order valence-corrected chi connectivity index (χ3v) is 5.48. The van der Waals surface area contributed by atoms with Gasteiger partial charge in [0.1, 0.15) is 0 Å². The van der Waals surface area contributed by atoms with Crippen molar-refractivity contribution in [3.8, 4) is 0 Å². The number of hydrogen-bond donors (Lipinski definition) is 2. The molecule has 4 rings (SSSR count). The molecule has 5 heteroatoms. The van der Waals surface area contributed by atoms with Crippen LogP contribution in [0.2, 0.25) is 0 Å². The van der Waals surface area contributed by atoms with E-state index in [9.17, 15) is 4.79 Å². The average molecular weight is 402 g/mol. The maximum absolute atomic E-state index is 12.6. The molecule has 3 aromatic carbocycles. The second-order valence-corrected chi connectivity index (χ2v) is 7.59. The number of hydrogen-bond acceptors (Lipinski definition) is 3. The Morgan fingerprint density at radius 3 is 2.28 bits per heavy atom. The summed E-state index contributed by atoms with van der Waals surface area (Å²) < 4.78 is 0. The van der Waals surface area contributed by atoms with Crippen molar-refractivity contribution in [3.05, 3.63) is 96.1 Å². The van der Waals surface area contributed by atoms with Crippen LogP contribution in [0.5, 0.6) is 0 Å². The summed E-state index contributed by atoms with van der Waals surface area (Å²) in [5, 5.41) is 6.96. The Hall–Kier alpha value is -3.18. The third-order valence-electron chi connectivity index (χ3n) is 5.18. The van der Waals surface area contributed by atoms with E-state index < -0.39 is 0 Å². The lowest BCUT2D eigenvalue weighted by atomic mass is 9.91. The van der Waals surface area contributed by atoms with Crippen molar-refractivity contribution in [1.82, 2.24) is 5.32 Å². The number of benzene rings is 3. The molecule has 0 aliphatic carbocycles. The molecule has 1 heterocycles. The highest BCUT2D eigenvalue weighted by Gasteiger charge is 2.32. The molecular weight excluding hydrogens is 378 g/mol. The summed E-state index contributed by atoms with van der Waals surface area (Å²) in [5.41, 5.74) is 3.88. The van der Waals surface area contributed by atoms with E-state index in [0.717, 1.165) is 17.8 Å².